The van der Waals surface area contributed by atoms with Crippen molar-refractivity contribution in [1.29, 1.82) is 15.8 Å². The first-order valence-corrected chi connectivity index (χ1v) is 7.55. The predicted octanol–water partition coefficient (Wildman–Crippen LogP) is 4.11. The van der Waals surface area contributed by atoms with Gasteiger partial charge in [0.2, 0.25) is 0 Å². The zero-order chi connectivity index (χ0) is 20.0. The van der Waals surface area contributed by atoms with Crippen LogP contribution in [0.3, 0.4) is 0 Å². The Bertz CT molecular complexity index is 1040. The third-order valence-corrected chi connectivity index (χ3v) is 3.56. The highest BCUT2D eigenvalue weighted by molar-refractivity contribution is 6.34. The highest BCUT2D eigenvalue weighted by Crippen LogP contribution is 2.22. The summed E-state index contributed by atoms with van der Waals surface area (Å²) in [4.78, 5) is 12.2. The number of carbonyl (C=O) groups is 1. The number of hydrogen-bond acceptors (Lipinski definition) is 5. The van der Waals surface area contributed by atoms with Gasteiger partial charge in [-0.15, -0.1) is 0 Å². The van der Waals surface area contributed by atoms with Crippen LogP contribution < -0.4 is 10.6 Å². The van der Waals surface area contributed by atoms with Crippen LogP contribution in [0, 0.1) is 45.6 Å². The van der Waals surface area contributed by atoms with E-state index in [4.69, 9.17) is 27.4 Å². The highest BCUT2D eigenvalue weighted by atomic mass is 35.5. The molecule has 0 aliphatic heterocycles. The summed E-state index contributed by atoms with van der Waals surface area (Å²) in [6.07, 6.45) is 0. The van der Waals surface area contributed by atoms with Gasteiger partial charge < -0.3 is 10.6 Å². The number of nitriles is 3. The number of benzene rings is 2. The summed E-state index contributed by atoms with van der Waals surface area (Å²) < 4.78 is 26.4. The van der Waals surface area contributed by atoms with Gasteiger partial charge in [0, 0.05) is 11.4 Å². The number of hydrogen-bond donors (Lipinski definition) is 2. The van der Waals surface area contributed by atoms with Crippen LogP contribution in [0.2, 0.25) is 5.02 Å². The number of nitrogens with zero attached hydrogens (tertiary/aromatic N) is 3. The normalized spacial score (nSPS) is 9.33. The lowest BCUT2D eigenvalue weighted by molar-refractivity contribution is 0.102. The van der Waals surface area contributed by atoms with Gasteiger partial charge in [-0.3, -0.25) is 4.79 Å². The van der Waals surface area contributed by atoms with E-state index in [0.717, 1.165) is 0 Å². The summed E-state index contributed by atoms with van der Waals surface area (Å²) in [5.41, 5.74) is -0.124. The van der Waals surface area contributed by atoms with Crippen LogP contribution in [-0.4, -0.2) is 5.91 Å². The Hall–Kier alpha value is -3.93. The van der Waals surface area contributed by atoms with E-state index in [1.165, 1.54) is 24.3 Å². The lowest BCUT2D eigenvalue weighted by Gasteiger charge is -2.09. The summed E-state index contributed by atoms with van der Waals surface area (Å²) in [7, 11) is 0. The Labute approximate surface area is 157 Å². The average molecular weight is 384 g/mol. The zero-order valence-electron chi connectivity index (χ0n) is 13.3. The van der Waals surface area contributed by atoms with Gasteiger partial charge in [-0.2, -0.15) is 15.8 Å². The molecule has 0 heterocycles. The van der Waals surface area contributed by atoms with Crippen LogP contribution in [0.5, 0.6) is 0 Å². The van der Waals surface area contributed by atoms with Crippen molar-refractivity contribution in [3.8, 4) is 18.2 Å². The Morgan fingerprint density at radius 2 is 1.41 bits per heavy atom. The minimum Gasteiger partial charge on any atom is -0.345 e. The van der Waals surface area contributed by atoms with E-state index in [-0.39, 0.29) is 21.9 Å². The number of carbonyl (C=O) groups excluding carboxylic acids is 1. The maximum atomic E-state index is 13.3. The van der Waals surface area contributed by atoms with E-state index in [2.05, 4.69) is 10.6 Å². The maximum absolute atomic E-state index is 13.3. The minimum atomic E-state index is -1.20. The molecule has 0 atom stereocenters. The van der Waals surface area contributed by atoms with Gasteiger partial charge in [-0.1, -0.05) is 11.6 Å². The SMILES string of the molecule is N#CC(C#N)=C(C#N)Nc1ccc(NC(=O)c2cc(F)c(F)cc2Cl)cc1. The van der Waals surface area contributed by atoms with Crippen molar-refractivity contribution >= 4 is 28.9 Å². The van der Waals surface area contributed by atoms with E-state index in [1.54, 1.807) is 18.2 Å². The lowest BCUT2D eigenvalue weighted by atomic mass is 10.2. The molecule has 0 aromatic heterocycles. The smallest absolute Gasteiger partial charge is 0.257 e. The monoisotopic (exact) mass is 383 g/mol. The number of halogens is 3. The molecule has 0 aliphatic rings. The van der Waals surface area contributed by atoms with E-state index < -0.39 is 17.5 Å². The molecule has 0 saturated carbocycles. The maximum Gasteiger partial charge on any atom is 0.257 e. The van der Waals surface area contributed by atoms with Gasteiger partial charge in [0.15, 0.2) is 17.2 Å². The minimum absolute atomic E-state index is 0.217. The van der Waals surface area contributed by atoms with Crippen molar-refractivity contribution in [2.45, 2.75) is 0 Å². The summed E-state index contributed by atoms with van der Waals surface area (Å²) in [5.74, 6) is -3.11. The van der Waals surface area contributed by atoms with Crippen molar-refractivity contribution in [3.05, 3.63) is 69.9 Å². The van der Waals surface area contributed by atoms with Gasteiger partial charge in [0.05, 0.1) is 10.6 Å². The van der Waals surface area contributed by atoms with E-state index in [0.29, 0.717) is 23.5 Å². The highest BCUT2D eigenvalue weighted by Gasteiger charge is 2.15. The van der Waals surface area contributed by atoms with Gasteiger partial charge in [-0.05, 0) is 36.4 Å². The fraction of sp³-hybridized carbons (Fsp3) is 0. The molecule has 6 nitrogen and oxygen atoms in total. The van der Waals surface area contributed by atoms with Crippen LogP contribution in [0.15, 0.2) is 47.7 Å². The molecule has 2 N–H and O–H groups in total. The summed E-state index contributed by atoms with van der Waals surface area (Å²) in [6.45, 7) is 0. The van der Waals surface area contributed by atoms with Crippen molar-refractivity contribution in [1.82, 2.24) is 0 Å². The molecule has 2 rings (SSSR count). The quantitative estimate of drug-likeness (QED) is 0.609. The Kier molecular flexibility index (Phi) is 6.06. The molecule has 132 valence electrons. The molecule has 0 fully saturated rings. The summed E-state index contributed by atoms with van der Waals surface area (Å²) in [6, 6.07) is 12.2. The molecule has 0 unspecified atom stereocenters. The first-order chi connectivity index (χ1) is 12.9. The van der Waals surface area contributed by atoms with Crippen LogP contribution in [-0.2, 0) is 0 Å². The second-order valence-corrected chi connectivity index (χ2v) is 5.40. The number of allylic oxidation sites excluding steroid dienone is 2. The second-order valence-electron chi connectivity index (χ2n) is 4.99. The molecule has 0 radical (unpaired) electrons. The number of nitrogens with one attached hydrogen (secondary N) is 2. The van der Waals surface area contributed by atoms with Crippen molar-refractivity contribution in [3.63, 3.8) is 0 Å². The summed E-state index contributed by atoms with van der Waals surface area (Å²) >= 11 is 5.75. The topological polar surface area (TPSA) is 112 Å². The Balaban J connectivity index is 2.17. The van der Waals surface area contributed by atoms with Gasteiger partial charge in [-0.25, -0.2) is 8.78 Å². The number of anilines is 2. The zero-order valence-corrected chi connectivity index (χ0v) is 14.1. The fourth-order valence-electron chi connectivity index (χ4n) is 1.96. The molecule has 2 aromatic carbocycles. The van der Waals surface area contributed by atoms with Crippen molar-refractivity contribution in [2.24, 2.45) is 0 Å². The van der Waals surface area contributed by atoms with Crippen LogP contribution >= 0.6 is 11.6 Å². The summed E-state index contributed by atoms with van der Waals surface area (Å²) in [5, 5.41) is 31.4. The Morgan fingerprint density at radius 3 is 1.93 bits per heavy atom. The second kappa shape index (κ2) is 8.44. The Morgan fingerprint density at radius 1 is 0.889 bits per heavy atom. The molecule has 1 amide bonds. The van der Waals surface area contributed by atoms with Crippen LogP contribution in [0.4, 0.5) is 20.2 Å². The third-order valence-electron chi connectivity index (χ3n) is 3.25. The predicted molar refractivity (Wildman–Crippen MR) is 93.3 cm³/mol. The van der Waals surface area contributed by atoms with E-state index in [9.17, 15) is 13.6 Å². The molecule has 27 heavy (non-hydrogen) atoms. The van der Waals surface area contributed by atoms with Crippen molar-refractivity contribution in [2.75, 3.05) is 10.6 Å². The first-order valence-electron chi connectivity index (χ1n) is 7.17. The number of amides is 1. The molecule has 0 aliphatic carbocycles. The largest absolute Gasteiger partial charge is 0.345 e. The molecular weight excluding hydrogens is 376 g/mol. The van der Waals surface area contributed by atoms with Crippen molar-refractivity contribution < 1.29 is 13.6 Å². The van der Waals surface area contributed by atoms with E-state index in [1.807, 2.05) is 0 Å². The van der Waals surface area contributed by atoms with Gasteiger partial charge in [0.1, 0.15) is 23.9 Å². The average Bonchev–Trinajstić information content (AvgIpc) is 2.66. The van der Waals surface area contributed by atoms with E-state index >= 15 is 0 Å². The first kappa shape index (κ1) is 19.4. The van der Waals surface area contributed by atoms with Gasteiger partial charge >= 0.3 is 0 Å². The molecule has 9 heteroatoms. The fourth-order valence-corrected chi connectivity index (χ4v) is 2.20. The van der Waals surface area contributed by atoms with Crippen LogP contribution in [0.25, 0.3) is 0 Å². The standard InChI is InChI=1S/C18H8ClF2N5O/c19-14-6-16(21)15(20)5-13(14)18(27)26-12-3-1-11(2-4-12)25-17(9-24)10(7-22)8-23/h1-6,25H,(H,26,27). The van der Waals surface area contributed by atoms with Gasteiger partial charge in [0.25, 0.3) is 5.91 Å². The molecule has 2 aromatic rings. The van der Waals surface area contributed by atoms with Crippen LogP contribution in [0.1, 0.15) is 10.4 Å². The molecule has 0 spiro atoms. The molecule has 0 bridgehead atoms. The molecule has 0 saturated heterocycles. The third kappa shape index (κ3) is 4.58. The molecular formula is C18H8ClF2N5O. The number of rotatable bonds is 4. The lowest BCUT2D eigenvalue weighted by Crippen LogP contribution is -2.13.